The van der Waals surface area contributed by atoms with E-state index >= 15 is 0 Å². The second-order valence-corrected chi connectivity index (χ2v) is 8.04. The number of carbonyl (C=O) groups is 1. The van der Waals surface area contributed by atoms with E-state index in [0.29, 0.717) is 6.04 Å². The first-order valence-electron chi connectivity index (χ1n) is 10.8. The number of benzene rings is 1. The van der Waals surface area contributed by atoms with E-state index in [-0.39, 0.29) is 12.1 Å². The Bertz CT molecular complexity index is 745. The molecular weight excluding hydrogens is 364 g/mol. The number of nitrogens with zero attached hydrogens (tertiary/aromatic N) is 5. The van der Waals surface area contributed by atoms with E-state index in [2.05, 4.69) is 27.2 Å². The zero-order chi connectivity index (χ0) is 20.6. The fourth-order valence-corrected chi connectivity index (χ4v) is 3.90. The summed E-state index contributed by atoms with van der Waals surface area (Å²) in [7, 11) is 1.85. The van der Waals surface area contributed by atoms with Crippen molar-refractivity contribution in [2.45, 2.75) is 58.0 Å². The molecule has 0 bridgehead atoms. The molecule has 0 radical (unpaired) electrons. The summed E-state index contributed by atoms with van der Waals surface area (Å²) < 4.78 is 1.72. The van der Waals surface area contributed by atoms with Crippen molar-refractivity contribution in [2.24, 2.45) is 0 Å². The Kier molecular flexibility index (Phi) is 7.63. The smallest absolute Gasteiger partial charge is 0.317 e. The molecule has 0 spiro atoms. The Balaban J connectivity index is 1.39. The highest BCUT2D eigenvalue weighted by Gasteiger charge is 2.18. The van der Waals surface area contributed by atoms with Crippen molar-refractivity contribution in [3.63, 3.8) is 0 Å². The van der Waals surface area contributed by atoms with Gasteiger partial charge in [-0.15, -0.1) is 0 Å². The maximum atomic E-state index is 12.5. The van der Waals surface area contributed by atoms with Crippen LogP contribution in [-0.4, -0.2) is 63.3 Å². The highest BCUT2D eigenvalue weighted by Crippen LogP contribution is 2.20. The van der Waals surface area contributed by atoms with Crippen molar-refractivity contribution in [3.8, 4) is 5.69 Å². The average molecular weight is 399 g/mol. The largest absolute Gasteiger partial charge is 0.338 e. The second-order valence-electron chi connectivity index (χ2n) is 8.04. The molecular formula is C22H34N6O. The first-order chi connectivity index (χ1) is 14.1. The van der Waals surface area contributed by atoms with Gasteiger partial charge in [0.1, 0.15) is 12.7 Å². The number of unbranched alkanes of at least 4 members (excludes halogenated alkanes) is 1. The van der Waals surface area contributed by atoms with Gasteiger partial charge < -0.3 is 15.1 Å². The molecule has 1 N–H and O–H groups in total. The van der Waals surface area contributed by atoms with E-state index in [9.17, 15) is 4.79 Å². The zero-order valence-corrected chi connectivity index (χ0v) is 17.9. The van der Waals surface area contributed by atoms with Crippen LogP contribution in [0.1, 0.15) is 57.6 Å². The molecule has 1 aromatic heterocycles. The molecule has 2 heterocycles. The molecule has 2 unspecified atom stereocenters. The van der Waals surface area contributed by atoms with Crippen molar-refractivity contribution in [2.75, 3.05) is 26.7 Å². The number of carbonyl (C=O) groups excluding carboxylic acids is 1. The van der Waals surface area contributed by atoms with Gasteiger partial charge >= 0.3 is 6.03 Å². The number of piperidine rings is 1. The van der Waals surface area contributed by atoms with Crippen molar-refractivity contribution in [1.82, 2.24) is 29.9 Å². The summed E-state index contributed by atoms with van der Waals surface area (Å²) in [6.07, 6.45) is 9.34. The van der Waals surface area contributed by atoms with E-state index in [1.165, 1.54) is 32.1 Å². The predicted octanol–water partition coefficient (Wildman–Crippen LogP) is 3.62. The molecule has 1 fully saturated rings. The van der Waals surface area contributed by atoms with E-state index in [4.69, 9.17) is 0 Å². The topological polar surface area (TPSA) is 66.3 Å². The van der Waals surface area contributed by atoms with Gasteiger partial charge in [-0.3, -0.25) is 0 Å². The molecule has 158 valence electrons. The molecule has 1 aliphatic heterocycles. The molecule has 1 aromatic carbocycles. The van der Waals surface area contributed by atoms with Crippen LogP contribution in [0.15, 0.2) is 36.9 Å². The SMILES string of the molecule is CC1CCCCN1CCCCNC(=O)N(C)C(C)c1ccc(-n2cncn2)cc1. The van der Waals surface area contributed by atoms with Crippen LogP contribution < -0.4 is 5.32 Å². The first kappa shape index (κ1) is 21.3. The summed E-state index contributed by atoms with van der Waals surface area (Å²) in [6.45, 7) is 7.46. The Hall–Kier alpha value is -2.41. The summed E-state index contributed by atoms with van der Waals surface area (Å²) in [5.74, 6) is 0. The summed E-state index contributed by atoms with van der Waals surface area (Å²) in [4.78, 5) is 20.8. The highest BCUT2D eigenvalue weighted by atomic mass is 16.2. The molecule has 7 heteroatoms. The van der Waals surface area contributed by atoms with Crippen LogP contribution in [0.3, 0.4) is 0 Å². The number of urea groups is 1. The minimum Gasteiger partial charge on any atom is -0.338 e. The normalized spacial score (nSPS) is 18.4. The van der Waals surface area contributed by atoms with Crippen LogP contribution in [0, 0.1) is 0 Å². The van der Waals surface area contributed by atoms with Crippen molar-refractivity contribution < 1.29 is 4.79 Å². The Morgan fingerprint density at radius 3 is 2.76 bits per heavy atom. The maximum absolute atomic E-state index is 12.5. The van der Waals surface area contributed by atoms with Gasteiger partial charge in [0, 0.05) is 19.6 Å². The number of rotatable bonds is 8. The third-order valence-electron chi connectivity index (χ3n) is 6.05. The molecule has 7 nitrogen and oxygen atoms in total. The number of likely N-dealkylation sites (tertiary alicyclic amines) is 1. The average Bonchev–Trinajstić information content (AvgIpc) is 3.28. The van der Waals surface area contributed by atoms with Crippen molar-refractivity contribution in [1.29, 1.82) is 0 Å². The van der Waals surface area contributed by atoms with Crippen LogP contribution in [0.4, 0.5) is 4.79 Å². The monoisotopic (exact) mass is 398 g/mol. The van der Waals surface area contributed by atoms with Crippen molar-refractivity contribution >= 4 is 6.03 Å². The predicted molar refractivity (Wildman–Crippen MR) is 115 cm³/mol. The van der Waals surface area contributed by atoms with Crippen LogP contribution in [0.2, 0.25) is 0 Å². The fraction of sp³-hybridized carbons (Fsp3) is 0.591. The van der Waals surface area contributed by atoms with Gasteiger partial charge in [-0.05, 0) is 70.3 Å². The molecule has 2 amide bonds. The number of nitrogens with one attached hydrogen (secondary N) is 1. The molecule has 0 saturated carbocycles. The molecule has 29 heavy (non-hydrogen) atoms. The zero-order valence-electron chi connectivity index (χ0n) is 17.9. The summed E-state index contributed by atoms with van der Waals surface area (Å²) >= 11 is 0. The first-order valence-corrected chi connectivity index (χ1v) is 10.8. The minimum atomic E-state index is -0.0239. The van der Waals surface area contributed by atoms with Gasteiger partial charge in [0.2, 0.25) is 0 Å². The van der Waals surface area contributed by atoms with Crippen LogP contribution in [0.5, 0.6) is 0 Å². The number of amides is 2. The Labute approximate surface area is 174 Å². The van der Waals surface area contributed by atoms with Gasteiger partial charge in [0.05, 0.1) is 11.7 Å². The molecule has 3 rings (SSSR count). The van der Waals surface area contributed by atoms with E-state index in [1.54, 1.807) is 15.9 Å². The molecule has 0 aliphatic carbocycles. The standard InChI is InChI=1S/C22H34N6O/c1-18-8-4-6-14-27(18)15-7-5-13-24-22(29)26(3)19(2)20-9-11-21(12-10-20)28-17-23-16-25-28/h9-12,16-19H,4-8,13-15H2,1-3H3,(H,24,29). The summed E-state index contributed by atoms with van der Waals surface area (Å²) in [5.41, 5.74) is 2.04. The van der Waals surface area contributed by atoms with Crippen LogP contribution in [-0.2, 0) is 0 Å². The summed E-state index contributed by atoms with van der Waals surface area (Å²) in [5, 5.41) is 7.20. The minimum absolute atomic E-state index is 0.00556. The lowest BCUT2D eigenvalue weighted by Gasteiger charge is -2.33. The quantitative estimate of drug-likeness (QED) is 0.690. The lowest BCUT2D eigenvalue weighted by Crippen LogP contribution is -2.40. The van der Waals surface area contributed by atoms with Gasteiger partial charge in [-0.25, -0.2) is 14.5 Å². The number of hydrogen-bond donors (Lipinski definition) is 1. The van der Waals surface area contributed by atoms with Gasteiger partial charge in [-0.2, -0.15) is 5.10 Å². The molecule has 1 aliphatic rings. The lowest BCUT2D eigenvalue weighted by atomic mass is 10.0. The van der Waals surface area contributed by atoms with Crippen molar-refractivity contribution in [3.05, 3.63) is 42.5 Å². The fourth-order valence-electron chi connectivity index (χ4n) is 3.90. The Morgan fingerprint density at radius 1 is 1.28 bits per heavy atom. The van der Waals surface area contributed by atoms with Crippen LogP contribution >= 0.6 is 0 Å². The van der Waals surface area contributed by atoms with E-state index < -0.39 is 0 Å². The molecule has 1 saturated heterocycles. The third-order valence-corrected chi connectivity index (χ3v) is 6.05. The second kappa shape index (κ2) is 10.4. The molecule has 2 atom stereocenters. The van der Waals surface area contributed by atoms with Crippen LogP contribution in [0.25, 0.3) is 5.69 Å². The summed E-state index contributed by atoms with van der Waals surface area (Å²) in [6, 6.07) is 8.73. The van der Waals surface area contributed by atoms with Gasteiger partial charge in [0.25, 0.3) is 0 Å². The molecule has 2 aromatic rings. The number of hydrogen-bond acceptors (Lipinski definition) is 4. The Morgan fingerprint density at radius 2 is 2.07 bits per heavy atom. The lowest BCUT2D eigenvalue weighted by molar-refractivity contribution is 0.157. The van der Waals surface area contributed by atoms with E-state index in [1.807, 2.05) is 38.2 Å². The highest BCUT2D eigenvalue weighted by molar-refractivity contribution is 5.74. The third kappa shape index (κ3) is 5.79. The number of aromatic nitrogens is 3. The maximum Gasteiger partial charge on any atom is 0.317 e. The van der Waals surface area contributed by atoms with E-state index in [0.717, 1.165) is 37.2 Å². The van der Waals surface area contributed by atoms with Gasteiger partial charge in [-0.1, -0.05) is 18.6 Å². The van der Waals surface area contributed by atoms with Gasteiger partial charge in [0.15, 0.2) is 0 Å².